The lowest BCUT2D eigenvalue weighted by molar-refractivity contribution is -0.144. The first kappa shape index (κ1) is 20.1. The third kappa shape index (κ3) is 4.79. The first-order valence-corrected chi connectivity index (χ1v) is 8.71. The Morgan fingerprint density at radius 3 is 2.64 bits per heavy atom. The molecule has 1 aliphatic rings. The summed E-state index contributed by atoms with van der Waals surface area (Å²) >= 11 is 0. The van der Waals surface area contributed by atoms with Gasteiger partial charge in [-0.3, -0.25) is 4.79 Å². The van der Waals surface area contributed by atoms with Gasteiger partial charge in [-0.2, -0.15) is 13.2 Å². The zero-order chi connectivity index (χ0) is 20.5. The number of alkyl halides is 3. The molecular formula is C20H18F5NO2. The Balaban J connectivity index is 1.70. The molecule has 0 radical (unpaired) electrons. The number of benzene rings is 2. The number of hydrogen-bond donors (Lipinski definition) is 1. The van der Waals surface area contributed by atoms with Gasteiger partial charge in [0.15, 0.2) is 0 Å². The van der Waals surface area contributed by atoms with Gasteiger partial charge in [0.2, 0.25) is 5.91 Å². The van der Waals surface area contributed by atoms with E-state index in [0.717, 1.165) is 0 Å². The number of aryl methyl sites for hydroxylation is 1. The number of carbonyl (C=O) groups excluding carboxylic acids is 1. The van der Waals surface area contributed by atoms with Crippen molar-refractivity contribution in [2.45, 2.75) is 38.5 Å². The van der Waals surface area contributed by atoms with Crippen LogP contribution in [0.5, 0.6) is 5.75 Å². The molecule has 0 fully saturated rings. The summed E-state index contributed by atoms with van der Waals surface area (Å²) in [6, 6.07) is 7.00. The van der Waals surface area contributed by atoms with Gasteiger partial charge in [-0.25, -0.2) is 8.78 Å². The van der Waals surface area contributed by atoms with Crippen LogP contribution in [0.15, 0.2) is 30.3 Å². The largest absolute Gasteiger partial charge is 0.487 e. The van der Waals surface area contributed by atoms with Crippen LogP contribution in [0.1, 0.15) is 24.0 Å². The molecule has 1 atom stereocenters. The number of halogens is 5. The molecule has 8 heteroatoms. The molecule has 1 heterocycles. The van der Waals surface area contributed by atoms with Gasteiger partial charge in [0.1, 0.15) is 23.5 Å². The number of carbonyl (C=O) groups is 1. The Morgan fingerprint density at radius 2 is 1.96 bits per heavy atom. The Bertz CT molecular complexity index is 895. The first-order valence-electron chi connectivity index (χ1n) is 8.71. The van der Waals surface area contributed by atoms with Crippen LogP contribution in [-0.2, 0) is 11.2 Å². The zero-order valence-electron chi connectivity index (χ0n) is 15.0. The van der Waals surface area contributed by atoms with Crippen molar-refractivity contribution in [1.82, 2.24) is 5.32 Å². The summed E-state index contributed by atoms with van der Waals surface area (Å²) in [7, 11) is 0. The average molecular weight is 399 g/mol. The number of rotatable bonds is 5. The first-order chi connectivity index (χ1) is 13.1. The molecular weight excluding hydrogens is 381 g/mol. The Kier molecular flexibility index (Phi) is 5.58. The molecule has 2 aromatic rings. The van der Waals surface area contributed by atoms with Crippen molar-refractivity contribution < 1.29 is 31.5 Å². The van der Waals surface area contributed by atoms with E-state index in [2.05, 4.69) is 5.32 Å². The molecule has 150 valence electrons. The molecule has 0 saturated heterocycles. The molecule has 0 bridgehead atoms. The van der Waals surface area contributed by atoms with Crippen molar-refractivity contribution in [2.75, 3.05) is 6.54 Å². The molecule has 1 N–H and O–H groups in total. The maximum Gasteiger partial charge on any atom is 0.389 e. The highest BCUT2D eigenvalue weighted by molar-refractivity contribution is 5.76. The monoisotopic (exact) mass is 399 g/mol. The fraction of sp³-hybridized carbons (Fsp3) is 0.350. The highest BCUT2D eigenvalue weighted by Gasteiger charge is 2.30. The summed E-state index contributed by atoms with van der Waals surface area (Å²) in [5, 5.41) is 2.42. The summed E-state index contributed by atoms with van der Waals surface area (Å²) < 4.78 is 69.9. The summed E-state index contributed by atoms with van der Waals surface area (Å²) in [5.41, 5.74) is 2.04. The van der Waals surface area contributed by atoms with Crippen molar-refractivity contribution in [2.24, 2.45) is 0 Å². The number of fused-ring (bicyclic) bond motifs is 1. The molecule has 3 rings (SSSR count). The summed E-state index contributed by atoms with van der Waals surface area (Å²) in [6.07, 6.45) is -6.45. The molecule has 1 unspecified atom stereocenters. The molecule has 1 amide bonds. The lowest BCUT2D eigenvalue weighted by Gasteiger charge is -2.14. The number of nitrogens with one attached hydrogen (secondary N) is 1. The van der Waals surface area contributed by atoms with E-state index in [-0.39, 0.29) is 12.4 Å². The fourth-order valence-electron chi connectivity index (χ4n) is 3.11. The van der Waals surface area contributed by atoms with Crippen LogP contribution in [-0.4, -0.2) is 24.7 Å². The Labute approximate surface area is 158 Å². The van der Waals surface area contributed by atoms with Crippen LogP contribution >= 0.6 is 0 Å². The molecule has 28 heavy (non-hydrogen) atoms. The highest BCUT2D eigenvalue weighted by Crippen LogP contribution is 2.40. The van der Waals surface area contributed by atoms with Gasteiger partial charge in [0.05, 0.1) is 13.0 Å². The van der Waals surface area contributed by atoms with E-state index in [9.17, 15) is 26.7 Å². The molecule has 0 aliphatic carbocycles. The van der Waals surface area contributed by atoms with E-state index < -0.39 is 36.8 Å². The molecule has 0 aromatic heterocycles. The third-order valence-corrected chi connectivity index (χ3v) is 4.49. The van der Waals surface area contributed by atoms with E-state index in [0.29, 0.717) is 34.4 Å². The summed E-state index contributed by atoms with van der Waals surface area (Å²) in [4.78, 5) is 11.6. The Hall–Kier alpha value is -2.64. The number of hydrogen-bond acceptors (Lipinski definition) is 2. The zero-order valence-corrected chi connectivity index (χ0v) is 15.0. The van der Waals surface area contributed by atoms with Crippen LogP contribution in [0, 0.1) is 18.6 Å². The second-order valence-corrected chi connectivity index (χ2v) is 6.77. The molecule has 3 nitrogen and oxygen atoms in total. The minimum Gasteiger partial charge on any atom is -0.487 e. The maximum absolute atomic E-state index is 14.0. The predicted molar refractivity (Wildman–Crippen MR) is 92.9 cm³/mol. The lowest BCUT2D eigenvalue weighted by atomic mass is 9.99. The number of ether oxygens (including phenoxy) is 1. The lowest BCUT2D eigenvalue weighted by Crippen LogP contribution is -2.34. The molecule has 1 aliphatic heterocycles. The van der Waals surface area contributed by atoms with Crippen LogP contribution in [0.3, 0.4) is 0 Å². The van der Waals surface area contributed by atoms with Crippen LogP contribution in [0.25, 0.3) is 11.1 Å². The van der Waals surface area contributed by atoms with Crippen LogP contribution in [0.2, 0.25) is 0 Å². The predicted octanol–water partition coefficient (Wildman–Crippen LogP) is 4.70. The maximum atomic E-state index is 14.0. The van der Waals surface area contributed by atoms with Gasteiger partial charge in [0.25, 0.3) is 0 Å². The minimum atomic E-state index is -4.39. The topological polar surface area (TPSA) is 38.3 Å². The van der Waals surface area contributed by atoms with E-state index in [1.165, 1.54) is 24.3 Å². The second kappa shape index (κ2) is 7.77. The normalized spacial score (nSPS) is 15.9. The van der Waals surface area contributed by atoms with Crippen molar-refractivity contribution in [3.05, 3.63) is 53.1 Å². The second-order valence-electron chi connectivity index (χ2n) is 6.77. The smallest absolute Gasteiger partial charge is 0.389 e. The number of amides is 1. The molecule has 0 saturated carbocycles. The van der Waals surface area contributed by atoms with E-state index in [1.54, 1.807) is 13.0 Å². The standard InChI is InChI=1S/C20H18F5NO2/c1-11-6-12(2-3-17(11)22)16-9-14(21)7-13-8-15(28-19(13)16)10-26-18(27)4-5-20(23,24)25/h2-3,6-7,9,15H,4-5,8,10H2,1H3,(H,26,27). The van der Waals surface area contributed by atoms with E-state index in [4.69, 9.17) is 4.74 Å². The van der Waals surface area contributed by atoms with Crippen molar-refractivity contribution in [3.8, 4) is 16.9 Å². The van der Waals surface area contributed by atoms with Gasteiger partial charge in [-0.15, -0.1) is 0 Å². The van der Waals surface area contributed by atoms with E-state index in [1.807, 2.05) is 0 Å². The third-order valence-electron chi connectivity index (χ3n) is 4.49. The van der Waals surface area contributed by atoms with Crippen molar-refractivity contribution in [3.63, 3.8) is 0 Å². The van der Waals surface area contributed by atoms with Crippen LogP contribution in [0.4, 0.5) is 22.0 Å². The van der Waals surface area contributed by atoms with E-state index >= 15 is 0 Å². The van der Waals surface area contributed by atoms with Crippen LogP contribution < -0.4 is 10.1 Å². The average Bonchev–Trinajstić information content (AvgIpc) is 3.02. The Morgan fingerprint density at radius 1 is 1.21 bits per heavy atom. The fourth-order valence-corrected chi connectivity index (χ4v) is 3.11. The molecule has 0 spiro atoms. The summed E-state index contributed by atoms with van der Waals surface area (Å²) in [6.45, 7) is 1.60. The van der Waals surface area contributed by atoms with Gasteiger partial charge in [-0.05, 0) is 42.3 Å². The highest BCUT2D eigenvalue weighted by atomic mass is 19.4. The minimum absolute atomic E-state index is 0.00880. The van der Waals surface area contributed by atoms with Crippen molar-refractivity contribution in [1.29, 1.82) is 0 Å². The van der Waals surface area contributed by atoms with Crippen molar-refractivity contribution >= 4 is 5.91 Å². The summed E-state index contributed by atoms with van der Waals surface area (Å²) in [5.74, 6) is -1.15. The van der Waals surface area contributed by atoms with Gasteiger partial charge in [0, 0.05) is 24.0 Å². The van der Waals surface area contributed by atoms with Gasteiger partial charge in [-0.1, -0.05) is 6.07 Å². The SMILES string of the molecule is Cc1cc(-c2cc(F)cc3c2OC(CNC(=O)CCC(F)(F)F)C3)ccc1F. The van der Waals surface area contributed by atoms with Gasteiger partial charge < -0.3 is 10.1 Å². The molecule has 2 aromatic carbocycles. The van der Waals surface area contributed by atoms with Gasteiger partial charge >= 0.3 is 6.18 Å². The quantitative estimate of drug-likeness (QED) is 0.740.